The van der Waals surface area contributed by atoms with Gasteiger partial charge in [-0.25, -0.2) is 0 Å². The van der Waals surface area contributed by atoms with Gasteiger partial charge in [-0.2, -0.15) is 0 Å². The molecule has 1 aliphatic rings. The highest BCUT2D eigenvalue weighted by molar-refractivity contribution is 5.39. The molecule has 0 saturated carbocycles. The van der Waals surface area contributed by atoms with Crippen molar-refractivity contribution in [2.75, 3.05) is 13.7 Å². The van der Waals surface area contributed by atoms with E-state index in [-0.39, 0.29) is 0 Å². The lowest BCUT2D eigenvalue weighted by Gasteiger charge is -2.44. The van der Waals surface area contributed by atoms with E-state index in [9.17, 15) is 0 Å². The van der Waals surface area contributed by atoms with Crippen molar-refractivity contribution in [3.8, 4) is 0 Å². The third kappa shape index (κ3) is 2.82. The summed E-state index contributed by atoms with van der Waals surface area (Å²) in [5.74, 6) is 0. The van der Waals surface area contributed by atoms with E-state index < -0.39 is 5.60 Å². The molecule has 0 aromatic heterocycles. The van der Waals surface area contributed by atoms with E-state index in [0.29, 0.717) is 12.1 Å². The van der Waals surface area contributed by atoms with Crippen molar-refractivity contribution in [1.29, 1.82) is 0 Å². The lowest BCUT2D eigenvalue weighted by molar-refractivity contribution is -0.0491. The van der Waals surface area contributed by atoms with E-state index in [2.05, 4.69) is 79.4 Å². The Morgan fingerprint density at radius 3 is 1.91 bits per heavy atom. The number of hydrogen-bond donors (Lipinski definition) is 0. The van der Waals surface area contributed by atoms with Gasteiger partial charge in [-0.1, -0.05) is 60.7 Å². The van der Waals surface area contributed by atoms with E-state index in [0.717, 1.165) is 13.0 Å². The summed E-state index contributed by atoms with van der Waals surface area (Å²) in [7, 11) is 1.86. The molecule has 0 unspecified atom stereocenters. The van der Waals surface area contributed by atoms with Crippen LogP contribution in [-0.4, -0.2) is 30.6 Å². The van der Waals surface area contributed by atoms with Crippen LogP contribution in [0.5, 0.6) is 0 Å². The summed E-state index contributed by atoms with van der Waals surface area (Å²) in [6.07, 6.45) is 2.39. The van der Waals surface area contributed by atoms with Gasteiger partial charge in [-0.15, -0.1) is 0 Å². The molecule has 0 aliphatic carbocycles. The summed E-state index contributed by atoms with van der Waals surface area (Å²) in [5.41, 5.74) is 2.07. The average molecular weight is 309 g/mol. The maximum Gasteiger partial charge on any atom is 0.133 e. The number of benzene rings is 2. The van der Waals surface area contributed by atoms with Crippen molar-refractivity contribution in [2.24, 2.45) is 0 Å². The van der Waals surface area contributed by atoms with Gasteiger partial charge < -0.3 is 4.74 Å². The number of ether oxygens (including phenoxy) is 1. The Morgan fingerprint density at radius 2 is 1.48 bits per heavy atom. The monoisotopic (exact) mass is 309 g/mol. The van der Waals surface area contributed by atoms with Crippen LogP contribution in [0.25, 0.3) is 0 Å². The smallest absolute Gasteiger partial charge is 0.133 e. The molecule has 0 spiro atoms. The molecule has 23 heavy (non-hydrogen) atoms. The fourth-order valence-corrected chi connectivity index (χ4v) is 4.14. The first-order chi connectivity index (χ1) is 11.2. The Balaban J connectivity index is 2.17. The van der Waals surface area contributed by atoms with Gasteiger partial charge >= 0.3 is 0 Å². The summed E-state index contributed by atoms with van der Waals surface area (Å²) in [4.78, 5) is 2.60. The first-order valence-corrected chi connectivity index (χ1v) is 8.62. The van der Waals surface area contributed by atoms with Crippen LogP contribution in [0.15, 0.2) is 60.7 Å². The molecule has 2 aromatic rings. The highest BCUT2D eigenvalue weighted by Crippen LogP contribution is 2.43. The van der Waals surface area contributed by atoms with Gasteiger partial charge in [0.15, 0.2) is 0 Å². The van der Waals surface area contributed by atoms with E-state index in [4.69, 9.17) is 4.74 Å². The van der Waals surface area contributed by atoms with E-state index in [1.807, 2.05) is 7.11 Å². The lowest BCUT2D eigenvalue weighted by Crippen LogP contribution is -2.51. The number of hydrogen-bond acceptors (Lipinski definition) is 2. The van der Waals surface area contributed by atoms with E-state index in [1.54, 1.807) is 0 Å². The Morgan fingerprint density at radius 1 is 0.957 bits per heavy atom. The van der Waals surface area contributed by atoms with Gasteiger partial charge in [0.25, 0.3) is 0 Å². The summed E-state index contributed by atoms with van der Waals surface area (Å²) in [6, 6.07) is 22.3. The molecule has 1 saturated heterocycles. The molecule has 1 heterocycles. The van der Waals surface area contributed by atoms with Crippen LogP contribution in [0.1, 0.15) is 37.8 Å². The quantitative estimate of drug-likeness (QED) is 0.809. The number of nitrogens with zero attached hydrogens (tertiary/aromatic N) is 1. The highest BCUT2D eigenvalue weighted by atomic mass is 16.5. The molecular formula is C21H27NO. The molecule has 2 heteroatoms. The molecule has 0 N–H and O–H groups in total. The number of methoxy groups -OCH3 is 1. The van der Waals surface area contributed by atoms with E-state index >= 15 is 0 Å². The maximum atomic E-state index is 6.33. The fraction of sp³-hybridized carbons (Fsp3) is 0.429. The van der Waals surface area contributed by atoms with Gasteiger partial charge in [0.2, 0.25) is 0 Å². The van der Waals surface area contributed by atoms with Gasteiger partial charge in [0, 0.05) is 19.2 Å². The Labute approximate surface area is 140 Å². The minimum Gasteiger partial charge on any atom is -0.367 e. The lowest BCUT2D eigenvalue weighted by atomic mass is 9.78. The summed E-state index contributed by atoms with van der Waals surface area (Å²) in [5, 5.41) is 0. The minimum atomic E-state index is -0.413. The minimum absolute atomic E-state index is 0.359. The number of rotatable bonds is 5. The first kappa shape index (κ1) is 16.2. The predicted molar refractivity (Wildman–Crippen MR) is 95.5 cm³/mol. The Kier molecular flexibility index (Phi) is 4.84. The van der Waals surface area contributed by atoms with Crippen LogP contribution >= 0.6 is 0 Å². The van der Waals surface area contributed by atoms with Crippen LogP contribution in [0.3, 0.4) is 0 Å². The van der Waals surface area contributed by atoms with Crippen molar-refractivity contribution < 1.29 is 4.74 Å². The second kappa shape index (κ2) is 6.86. The first-order valence-electron chi connectivity index (χ1n) is 8.62. The molecule has 0 radical (unpaired) electrons. The second-order valence-corrected chi connectivity index (χ2v) is 6.66. The topological polar surface area (TPSA) is 12.5 Å². The molecule has 1 aliphatic heterocycles. The van der Waals surface area contributed by atoms with Crippen LogP contribution in [0.4, 0.5) is 0 Å². The van der Waals surface area contributed by atoms with Gasteiger partial charge in [0.05, 0.1) is 0 Å². The van der Waals surface area contributed by atoms with Crippen molar-refractivity contribution >= 4 is 0 Å². The van der Waals surface area contributed by atoms with Gasteiger partial charge in [-0.05, 0) is 44.4 Å². The SMILES string of the molecule is COC(c1ccccc1)(c1ccccc1)[C@@H]1CCCN1C(C)C. The van der Waals surface area contributed by atoms with Crippen molar-refractivity contribution in [3.63, 3.8) is 0 Å². The van der Waals surface area contributed by atoms with Gasteiger partial charge in [0.1, 0.15) is 5.60 Å². The predicted octanol–water partition coefficient (Wildman–Crippen LogP) is 4.45. The van der Waals surface area contributed by atoms with Crippen LogP contribution in [0.2, 0.25) is 0 Å². The fourth-order valence-electron chi connectivity index (χ4n) is 4.14. The molecule has 1 atom stereocenters. The normalized spacial score (nSPS) is 19.4. The molecular weight excluding hydrogens is 282 g/mol. The Hall–Kier alpha value is -1.64. The zero-order valence-corrected chi connectivity index (χ0v) is 14.4. The summed E-state index contributed by atoms with van der Waals surface area (Å²) >= 11 is 0. The third-order valence-electron chi connectivity index (χ3n) is 5.15. The third-order valence-corrected chi connectivity index (χ3v) is 5.15. The molecule has 1 fully saturated rings. The molecule has 0 bridgehead atoms. The van der Waals surface area contributed by atoms with Crippen molar-refractivity contribution in [2.45, 2.75) is 44.4 Å². The zero-order chi connectivity index (χ0) is 16.3. The summed E-state index contributed by atoms with van der Waals surface area (Å²) in [6.45, 7) is 5.72. The average Bonchev–Trinajstić information content (AvgIpc) is 3.09. The summed E-state index contributed by atoms with van der Waals surface area (Å²) < 4.78 is 6.33. The van der Waals surface area contributed by atoms with Crippen molar-refractivity contribution in [1.82, 2.24) is 4.90 Å². The van der Waals surface area contributed by atoms with Crippen LogP contribution < -0.4 is 0 Å². The molecule has 2 aromatic carbocycles. The molecule has 3 rings (SSSR count). The standard InChI is InChI=1S/C21H27NO/c1-17(2)22-16-10-15-20(22)21(23-3,18-11-6-4-7-12-18)19-13-8-5-9-14-19/h4-9,11-14,17,20H,10,15-16H2,1-3H3/t20-/m0/s1. The van der Waals surface area contributed by atoms with Crippen LogP contribution in [-0.2, 0) is 10.3 Å². The zero-order valence-electron chi connectivity index (χ0n) is 14.4. The highest BCUT2D eigenvalue weighted by Gasteiger charge is 2.47. The maximum absolute atomic E-state index is 6.33. The van der Waals surface area contributed by atoms with Crippen molar-refractivity contribution in [3.05, 3.63) is 71.8 Å². The molecule has 2 nitrogen and oxygen atoms in total. The molecule has 122 valence electrons. The number of likely N-dealkylation sites (tertiary alicyclic amines) is 1. The van der Waals surface area contributed by atoms with Gasteiger partial charge in [-0.3, -0.25) is 4.90 Å². The van der Waals surface area contributed by atoms with Crippen LogP contribution in [0, 0.1) is 0 Å². The second-order valence-electron chi connectivity index (χ2n) is 6.66. The molecule has 0 amide bonds. The Bertz CT molecular complexity index is 569. The van der Waals surface area contributed by atoms with E-state index in [1.165, 1.54) is 17.5 Å². The largest absolute Gasteiger partial charge is 0.367 e.